The summed E-state index contributed by atoms with van der Waals surface area (Å²) in [5.74, 6) is -2.49. The maximum absolute atomic E-state index is 12.9. The number of carboxylic acid groups (broad SMARTS) is 1. The number of nitrogen functional groups attached to an aromatic ring is 1. The molecule has 1 fully saturated rings. The lowest BCUT2D eigenvalue weighted by Crippen LogP contribution is -2.71. The number of thioether (sulfide) groups is 1. The number of nitrogens with two attached hydrogens (primary N) is 1. The fourth-order valence-electron chi connectivity index (χ4n) is 3.85. The Morgan fingerprint density at radius 1 is 1.50 bits per heavy atom. The Morgan fingerprint density at radius 2 is 2.32 bits per heavy atom. The number of nitrogens with zero attached hydrogens (tertiary/aromatic N) is 6. The zero-order chi connectivity index (χ0) is 24.0. The predicted molar refractivity (Wildman–Crippen MR) is 117 cm³/mol. The summed E-state index contributed by atoms with van der Waals surface area (Å²) in [5.41, 5.74) is 6.50. The molecule has 3 aromatic heterocycles. The SMILES string of the molecule is CO/N=C(/C(=O)NC1C(=O)N2C(C(=O)[O-])=C(C[n+]3ccc4[nH]ccn43)CSC12)c1nsc(N)n1. The highest BCUT2D eigenvalue weighted by Crippen LogP contribution is 2.40. The largest absolute Gasteiger partial charge is 0.543 e. The van der Waals surface area contributed by atoms with E-state index in [1.165, 1.54) is 18.9 Å². The molecule has 2 aliphatic rings. The molecule has 14 nitrogen and oxygen atoms in total. The molecule has 0 spiro atoms. The number of amides is 2. The molecule has 5 heterocycles. The van der Waals surface area contributed by atoms with Gasteiger partial charge in [0.2, 0.25) is 11.5 Å². The Hall–Kier alpha value is -3.92. The van der Waals surface area contributed by atoms with Crippen molar-refractivity contribution in [2.24, 2.45) is 5.16 Å². The highest BCUT2D eigenvalue weighted by atomic mass is 32.2. The third-order valence-electron chi connectivity index (χ3n) is 5.31. The zero-order valence-corrected chi connectivity index (χ0v) is 19.1. The summed E-state index contributed by atoms with van der Waals surface area (Å²) in [7, 11) is 1.25. The second-order valence-electron chi connectivity index (χ2n) is 7.28. The van der Waals surface area contributed by atoms with E-state index in [2.05, 4.69) is 24.8 Å². The van der Waals surface area contributed by atoms with Crippen molar-refractivity contribution in [1.29, 1.82) is 0 Å². The van der Waals surface area contributed by atoms with E-state index in [9.17, 15) is 19.5 Å². The van der Waals surface area contributed by atoms with Crippen LogP contribution in [0.4, 0.5) is 5.13 Å². The van der Waals surface area contributed by atoms with Gasteiger partial charge in [0.1, 0.15) is 18.5 Å². The van der Waals surface area contributed by atoms with E-state index >= 15 is 0 Å². The van der Waals surface area contributed by atoms with Gasteiger partial charge in [0.05, 0.1) is 23.9 Å². The first-order valence-electron chi connectivity index (χ1n) is 9.82. The van der Waals surface area contributed by atoms with Gasteiger partial charge in [-0.2, -0.15) is 9.36 Å². The van der Waals surface area contributed by atoms with Gasteiger partial charge in [-0.05, 0) is 0 Å². The Kier molecular flexibility index (Phi) is 5.45. The van der Waals surface area contributed by atoms with Crippen LogP contribution in [0.1, 0.15) is 5.82 Å². The van der Waals surface area contributed by atoms with Crippen molar-refractivity contribution in [1.82, 2.24) is 29.1 Å². The molecule has 0 aromatic carbocycles. The van der Waals surface area contributed by atoms with Gasteiger partial charge in [-0.25, -0.2) is 0 Å². The van der Waals surface area contributed by atoms with Crippen LogP contribution in [0, 0.1) is 0 Å². The number of hydrogen-bond donors (Lipinski definition) is 3. The summed E-state index contributed by atoms with van der Waals surface area (Å²) < 4.78 is 7.58. The lowest BCUT2D eigenvalue weighted by atomic mass is 10.0. The zero-order valence-electron chi connectivity index (χ0n) is 17.5. The fourth-order valence-corrected chi connectivity index (χ4v) is 5.62. The molecule has 0 aliphatic carbocycles. The molecule has 3 aromatic rings. The van der Waals surface area contributed by atoms with Crippen molar-refractivity contribution >= 4 is 57.6 Å². The lowest BCUT2D eigenvalue weighted by Gasteiger charge is -2.50. The molecule has 16 heteroatoms. The number of anilines is 1. The molecule has 1 saturated heterocycles. The van der Waals surface area contributed by atoms with E-state index in [0.29, 0.717) is 11.3 Å². The van der Waals surface area contributed by atoms with E-state index in [4.69, 9.17) is 10.6 Å². The first kappa shape index (κ1) is 21.9. The summed E-state index contributed by atoms with van der Waals surface area (Å²) >= 11 is 2.22. The molecule has 0 radical (unpaired) electrons. The van der Waals surface area contributed by atoms with Crippen LogP contribution >= 0.6 is 23.3 Å². The van der Waals surface area contributed by atoms with Crippen molar-refractivity contribution in [3.05, 3.63) is 41.8 Å². The van der Waals surface area contributed by atoms with Crippen LogP contribution in [0.15, 0.2) is 41.1 Å². The second kappa shape index (κ2) is 8.45. The summed E-state index contributed by atoms with van der Waals surface area (Å²) in [6.07, 6.45) is 5.37. The molecule has 2 unspecified atom stereocenters. The first-order chi connectivity index (χ1) is 16.4. The summed E-state index contributed by atoms with van der Waals surface area (Å²) in [6, 6.07) is 0.881. The average Bonchev–Trinajstić information content (AvgIpc) is 3.54. The number of fused-ring (bicyclic) bond motifs is 2. The van der Waals surface area contributed by atoms with Crippen LogP contribution in [-0.4, -0.2) is 71.5 Å². The van der Waals surface area contributed by atoms with Gasteiger partial charge in [0.25, 0.3) is 11.8 Å². The number of H-pyrrole nitrogens is 1. The highest BCUT2D eigenvalue weighted by Gasteiger charge is 2.53. The number of nitrogens with one attached hydrogen (secondary N) is 2. The molecular weight excluding hydrogens is 486 g/mol. The Morgan fingerprint density at radius 3 is 3.03 bits per heavy atom. The number of carboxylic acids is 1. The van der Waals surface area contributed by atoms with Crippen LogP contribution < -0.4 is 20.8 Å². The number of rotatable bonds is 7. The standard InChI is InChI=1S/C18H17N9O5S2/c1-32-23-10(13-22-18(19)34-24-13)14(28)21-11-15(29)27-12(17(30)31)8(7-33-16(11)27)6-25-4-2-9-20-3-5-26(9)25/h2-5,11,16H,6-7H2,1H3,(H4,19,21,22,24,28,30,31)/b23-10+. The number of imidazole rings is 1. The second-order valence-corrected chi connectivity index (χ2v) is 9.17. The van der Waals surface area contributed by atoms with Crippen molar-refractivity contribution in [3.8, 4) is 0 Å². The number of aromatic nitrogens is 5. The minimum Gasteiger partial charge on any atom is -0.543 e. The minimum atomic E-state index is -1.45. The summed E-state index contributed by atoms with van der Waals surface area (Å²) in [5, 5.41) is 17.7. The van der Waals surface area contributed by atoms with E-state index in [0.717, 1.165) is 22.1 Å². The quantitative estimate of drug-likeness (QED) is 0.135. The molecule has 0 saturated carbocycles. The molecule has 2 amide bonds. The minimum absolute atomic E-state index is 0.0420. The fraction of sp³-hybridized carbons (Fsp3) is 0.278. The van der Waals surface area contributed by atoms with Gasteiger partial charge in [-0.3, -0.25) is 14.5 Å². The van der Waals surface area contributed by atoms with Crippen LogP contribution in [0.2, 0.25) is 0 Å². The molecule has 4 N–H and O–H groups in total. The normalized spacial score (nSPS) is 20.3. The van der Waals surface area contributed by atoms with Crippen LogP contribution in [0.25, 0.3) is 5.65 Å². The maximum Gasteiger partial charge on any atom is 0.278 e. The number of β-lactam (4-membered cyclic amide) rings is 1. The summed E-state index contributed by atoms with van der Waals surface area (Å²) in [6.45, 7) is 0.247. The number of aromatic amines is 1. The van der Waals surface area contributed by atoms with Crippen LogP contribution in [0.3, 0.4) is 0 Å². The van der Waals surface area contributed by atoms with Crippen molar-refractivity contribution in [3.63, 3.8) is 0 Å². The van der Waals surface area contributed by atoms with Crippen molar-refractivity contribution in [2.75, 3.05) is 18.6 Å². The number of hydrogen-bond acceptors (Lipinski definition) is 11. The average molecular weight is 504 g/mol. The molecule has 176 valence electrons. The molecule has 2 atom stereocenters. The predicted octanol–water partition coefficient (Wildman–Crippen LogP) is -2.56. The Labute approximate surface area is 199 Å². The van der Waals surface area contributed by atoms with Gasteiger partial charge < -0.3 is 30.8 Å². The lowest BCUT2D eigenvalue weighted by molar-refractivity contribution is -0.753. The number of carbonyl (C=O) groups is 3. The monoisotopic (exact) mass is 503 g/mol. The summed E-state index contributed by atoms with van der Waals surface area (Å²) in [4.78, 5) is 50.5. The van der Waals surface area contributed by atoms with Crippen LogP contribution in [0.5, 0.6) is 0 Å². The maximum atomic E-state index is 12.9. The number of aliphatic carboxylic acids is 1. The van der Waals surface area contributed by atoms with Crippen molar-refractivity contribution in [2.45, 2.75) is 18.0 Å². The Bertz CT molecular complexity index is 1370. The van der Waals surface area contributed by atoms with Gasteiger partial charge >= 0.3 is 0 Å². The third-order valence-corrected chi connectivity index (χ3v) is 7.19. The molecule has 34 heavy (non-hydrogen) atoms. The number of carbonyl (C=O) groups excluding carboxylic acids is 3. The molecule has 0 bridgehead atoms. The van der Waals surface area contributed by atoms with Crippen LogP contribution in [-0.2, 0) is 25.8 Å². The first-order valence-corrected chi connectivity index (χ1v) is 11.6. The third kappa shape index (κ3) is 3.56. The molecule has 5 rings (SSSR count). The Balaban J connectivity index is 1.36. The topological polar surface area (TPSA) is 187 Å². The van der Waals surface area contributed by atoms with Gasteiger partial charge in [-0.1, -0.05) is 5.16 Å². The van der Waals surface area contributed by atoms with E-state index in [-0.39, 0.29) is 28.9 Å². The smallest absolute Gasteiger partial charge is 0.278 e. The van der Waals surface area contributed by atoms with Gasteiger partial charge in [0.15, 0.2) is 23.5 Å². The van der Waals surface area contributed by atoms with E-state index in [1.807, 2.05) is 15.3 Å². The van der Waals surface area contributed by atoms with Gasteiger partial charge in [0, 0.05) is 29.1 Å². The van der Waals surface area contributed by atoms with Crippen molar-refractivity contribution < 1.29 is 29.0 Å². The van der Waals surface area contributed by atoms with E-state index < -0.39 is 29.2 Å². The van der Waals surface area contributed by atoms with Gasteiger partial charge in [-0.15, -0.1) is 21.0 Å². The van der Waals surface area contributed by atoms with E-state index in [1.54, 1.807) is 18.6 Å². The molecule has 2 aliphatic heterocycles. The highest BCUT2D eigenvalue weighted by molar-refractivity contribution is 8.00. The molecular formula is C18H17N9O5S2. The number of oxime groups is 1.